The Hall–Kier alpha value is -1.65. The molecule has 3 rings (SSSR count). The van der Waals surface area contributed by atoms with Gasteiger partial charge in [0, 0.05) is 11.7 Å². The Kier molecular flexibility index (Phi) is 5.07. The lowest BCUT2D eigenvalue weighted by Gasteiger charge is -2.22. The lowest BCUT2D eigenvalue weighted by molar-refractivity contribution is -0.140. The lowest BCUT2D eigenvalue weighted by Crippen LogP contribution is -2.28. The van der Waals surface area contributed by atoms with Crippen molar-refractivity contribution in [3.63, 3.8) is 0 Å². The SMILES string of the molecule is CC1(Cc2ccc(OCP(=O)(O)c3ccccc3)cc2)OCCO1. The highest BCUT2D eigenvalue weighted by Gasteiger charge is 2.31. The average Bonchev–Trinajstić information content (AvgIpc) is 3.01. The molecule has 2 aromatic carbocycles. The highest BCUT2D eigenvalue weighted by Crippen LogP contribution is 2.39. The second kappa shape index (κ2) is 7.08. The van der Waals surface area contributed by atoms with Crippen LogP contribution in [0.5, 0.6) is 5.75 Å². The maximum atomic E-state index is 12.3. The van der Waals surface area contributed by atoms with Crippen LogP contribution in [0.15, 0.2) is 54.6 Å². The highest BCUT2D eigenvalue weighted by atomic mass is 31.2. The molecule has 128 valence electrons. The summed E-state index contributed by atoms with van der Waals surface area (Å²) >= 11 is 0. The Morgan fingerprint density at radius 2 is 1.71 bits per heavy atom. The van der Waals surface area contributed by atoms with Gasteiger partial charge in [0.15, 0.2) is 12.1 Å². The number of hydrogen-bond donors (Lipinski definition) is 1. The zero-order valence-corrected chi connectivity index (χ0v) is 14.4. The Bertz CT molecular complexity index is 708. The van der Waals surface area contributed by atoms with Crippen LogP contribution in [-0.4, -0.2) is 30.2 Å². The molecule has 6 heteroatoms. The molecule has 24 heavy (non-hydrogen) atoms. The highest BCUT2D eigenvalue weighted by molar-refractivity contribution is 7.65. The second-order valence-corrected chi connectivity index (χ2v) is 8.14. The predicted octanol–water partition coefficient (Wildman–Crippen LogP) is 2.92. The Morgan fingerprint density at radius 3 is 2.33 bits per heavy atom. The Labute approximate surface area is 141 Å². The minimum absolute atomic E-state index is 0.250. The van der Waals surface area contributed by atoms with E-state index >= 15 is 0 Å². The van der Waals surface area contributed by atoms with Crippen LogP contribution in [0.25, 0.3) is 0 Å². The normalized spacial score (nSPS) is 18.9. The van der Waals surface area contributed by atoms with Crippen LogP contribution in [0.4, 0.5) is 0 Å². The molecule has 1 N–H and O–H groups in total. The van der Waals surface area contributed by atoms with Gasteiger partial charge in [0.1, 0.15) is 5.75 Å². The van der Waals surface area contributed by atoms with Gasteiger partial charge in [-0.3, -0.25) is 4.57 Å². The third-order valence-corrected chi connectivity index (χ3v) is 5.50. The van der Waals surface area contributed by atoms with Crippen molar-refractivity contribution >= 4 is 12.7 Å². The van der Waals surface area contributed by atoms with Gasteiger partial charge in [-0.15, -0.1) is 0 Å². The maximum Gasteiger partial charge on any atom is 0.265 e. The van der Waals surface area contributed by atoms with Gasteiger partial charge in [-0.25, -0.2) is 0 Å². The molecular weight excluding hydrogens is 327 g/mol. The fourth-order valence-electron chi connectivity index (χ4n) is 2.63. The van der Waals surface area contributed by atoms with E-state index < -0.39 is 13.2 Å². The molecule has 0 radical (unpaired) electrons. The van der Waals surface area contributed by atoms with E-state index in [2.05, 4.69) is 0 Å². The van der Waals surface area contributed by atoms with Gasteiger partial charge >= 0.3 is 0 Å². The first-order valence-corrected chi connectivity index (χ1v) is 9.68. The summed E-state index contributed by atoms with van der Waals surface area (Å²) in [5.74, 6) is -0.0152. The van der Waals surface area contributed by atoms with E-state index in [9.17, 15) is 9.46 Å². The molecule has 0 saturated carbocycles. The van der Waals surface area contributed by atoms with E-state index in [1.54, 1.807) is 42.5 Å². The van der Waals surface area contributed by atoms with Gasteiger partial charge in [-0.05, 0) is 36.8 Å². The van der Waals surface area contributed by atoms with Crippen molar-refractivity contribution in [2.45, 2.75) is 19.1 Å². The van der Waals surface area contributed by atoms with E-state index in [0.29, 0.717) is 30.7 Å². The van der Waals surface area contributed by atoms with Crippen LogP contribution in [0.1, 0.15) is 12.5 Å². The molecule has 1 heterocycles. The quantitative estimate of drug-likeness (QED) is 0.813. The summed E-state index contributed by atoms with van der Waals surface area (Å²) in [7, 11) is -3.52. The molecule has 5 nitrogen and oxygen atoms in total. The molecule has 0 spiro atoms. The van der Waals surface area contributed by atoms with Crippen molar-refractivity contribution in [2.24, 2.45) is 0 Å². The topological polar surface area (TPSA) is 65.0 Å². The monoisotopic (exact) mass is 348 g/mol. The first-order valence-electron chi connectivity index (χ1n) is 7.84. The lowest BCUT2D eigenvalue weighted by atomic mass is 10.1. The van der Waals surface area contributed by atoms with Gasteiger partial charge < -0.3 is 19.1 Å². The van der Waals surface area contributed by atoms with Crippen LogP contribution < -0.4 is 10.0 Å². The fraction of sp³-hybridized carbons (Fsp3) is 0.333. The Balaban J connectivity index is 1.59. The smallest absolute Gasteiger partial charge is 0.265 e. The van der Waals surface area contributed by atoms with E-state index in [1.165, 1.54) is 0 Å². The van der Waals surface area contributed by atoms with Crippen molar-refractivity contribution in [1.29, 1.82) is 0 Å². The van der Waals surface area contributed by atoms with Gasteiger partial charge in [0.25, 0.3) is 7.37 Å². The summed E-state index contributed by atoms with van der Waals surface area (Å²) in [6.07, 6.45) is 0.399. The molecule has 0 aromatic heterocycles. The zero-order chi connectivity index (χ0) is 17.0. The molecular formula is C18H21O5P. The summed E-state index contributed by atoms with van der Waals surface area (Å²) in [6, 6.07) is 16.0. The van der Waals surface area contributed by atoms with Gasteiger partial charge in [-0.2, -0.15) is 0 Å². The molecule has 1 fully saturated rings. The fourth-order valence-corrected chi connectivity index (χ4v) is 3.74. The standard InChI is InChI=1S/C18H21O5P/c1-18(22-11-12-23-18)13-15-7-9-16(10-8-15)21-14-24(19,20)17-5-3-2-4-6-17/h2-10H,11-14H2,1H3,(H,19,20). The van der Waals surface area contributed by atoms with Gasteiger partial charge in [0.2, 0.25) is 0 Å². The van der Waals surface area contributed by atoms with Crippen LogP contribution in [0.2, 0.25) is 0 Å². The first-order chi connectivity index (χ1) is 11.5. The van der Waals surface area contributed by atoms with Gasteiger partial charge in [-0.1, -0.05) is 30.3 Å². The molecule has 1 aliphatic rings. The summed E-state index contributed by atoms with van der Waals surface area (Å²) in [4.78, 5) is 10.1. The summed E-state index contributed by atoms with van der Waals surface area (Å²) in [5, 5.41) is 0.394. The minimum Gasteiger partial charge on any atom is -0.483 e. The van der Waals surface area contributed by atoms with Crippen LogP contribution in [0.3, 0.4) is 0 Å². The second-order valence-electron chi connectivity index (χ2n) is 5.96. The van der Waals surface area contributed by atoms with E-state index in [-0.39, 0.29) is 6.35 Å². The summed E-state index contributed by atoms with van der Waals surface area (Å²) < 4.78 is 29.0. The molecule has 0 bridgehead atoms. The third kappa shape index (κ3) is 4.25. The average molecular weight is 348 g/mol. The maximum absolute atomic E-state index is 12.3. The van der Waals surface area contributed by atoms with Crippen molar-refractivity contribution < 1.29 is 23.7 Å². The number of ether oxygens (including phenoxy) is 3. The molecule has 0 amide bonds. The van der Waals surface area contributed by atoms with E-state index in [4.69, 9.17) is 14.2 Å². The summed E-state index contributed by atoms with van der Waals surface area (Å²) in [5.41, 5.74) is 1.06. The molecule has 1 atom stereocenters. The third-order valence-electron chi connectivity index (χ3n) is 3.91. The van der Waals surface area contributed by atoms with Crippen LogP contribution in [0, 0.1) is 0 Å². The van der Waals surface area contributed by atoms with Crippen LogP contribution >= 0.6 is 7.37 Å². The summed E-state index contributed by atoms with van der Waals surface area (Å²) in [6.45, 7) is 3.15. The van der Waals surface area contributed by atoms with Gasteiger partial charge in [0.05, 0.1) is 13.2 Å². The molecule has 1 saturated heterocycles. The predicted molar refractivity (Wildman–Crippen MR) is 91.9 cm³/mol. The molecule has 0 aliphatic carbocycles. The largest absolute Gasteiger partial charge is 0.483 e. The minimum atomic E-state index is -3.52. The molecule has 2 aromatic rings. The molecule has 1 aliphatic heterocycles. The van der Waals surface area contributed by atoms with Crippen molar-refractivity contribution in [1.82, 2.24) is 0 Å². The first kappa shape index (κ1) is 17.2. The van der Waals surface area contributed by atoms with Crippen LogP contribution in [-0.2, 0) is 20.5 Å². The van der Waals surface area contributed by atoms with Crippen molar-refractivity contribution in [3.05, 3.63) is 60.2 Å². The number of hydrogen-bond acceptors (Lipinski definition) is 4. The van der Waals surface area contributed by atoms with E-state index in [0.717, 1.165) is 5.56 Å². The zero-order valence-electron chi connectivity index (χ0n) is 13.6. The van der Waals surface area contributed by atoms with Crippen molar-refractivity contribution in [2.75, 3.05) is 19.6 Å². The van der Waals surface area contributed by atoms with Crippen molar-refractivity contribution in [3.8, 4) is 5.75 Å². The molecule has 1 unspecified atom stereocenters. The van der Waals surface area contributed by atoms with E-state index in [1.807, 2.05) is 19.1 Å². The number of benzene rings is 2. The number of rotatable bonds is 6. The Morgan fingerprint density at radius 1 is 1.08 bits per heavy atom.